The van der Waals surface area contributed by atoms with Gasteiger partial charge in [-0.1, -0.05) is 47.5 Å². The van der Waals surface area contributed by atoms with E-state index in [1.54, 1.807) is 0 Å². The number of amides is 1. The number of aryl methyl sites for hydroxylation is 3. The molecule has 1 aliphatic heterocycles. The van der Waals surface area contributed by atoms with Gasteiger partial charge in [0.05, 0.1) is 28.8 Å². The van der Waals surface area contributed by atoms with Gasteiger partial charge in [-0.05, 0) is 45.4 Å². The topological polar surface area (TPSA) is 93.9 Å². The Morgan fingerprint density at radius 2 is 1.62 bits per heavy atom. The van der Waals surface area contributed by atoms with E-state index in [9.17, 15) is 13.2 Å². The highest BCUT2D eigenvalue weighted by Crippen LogP contribution is 2.32. The van der Waals surface area contributed by atoms with Crippen molar-refractivity contribution in [3.63, 3.8) is 0 Å². The second-order valence-corrected chi connectivity index (χ2v) is 11.2. The second-order valence-electron chi connectivity index (χ2n) is 9.00. The van der Waals surface area contributed by atoms with Gasteiger partial charge in [-0.2, -0.15) is 0 Å². The van der Waals surface area contributed by atoms with Crippen LogP contribution in [0.3, 0.4) is 0 Å². The van der Waals surface area contributed by atoms with Crippen LogP contribution in [0.1, 0.15) is 39.9 Å². The van der Waals surface area contributed by atoms with Crippen LogP contribution >= 0.6 is 0 Å². The maximum Gasteiger partial charge on any atom is 0.276 e. The molecule has 0 spiro atoms. The summed E-state index contributed by atoms with van der Waals surface area (Å²) in [6.07, 6.45) is 0.529. The molecule has 34 heavy (non-hydrogen) atoms. The number of carbonyl (C=O) groups is 1. The molecule has 174 valence electrons. The number of hydrogen-bond acceptors (Lipinski definition) is 5. The highest BCUT2D eigenvalue weighted by molar-refractivity contribution is 7.91. The molecule has 1 fully saturated rings. The van der Waals surface area contributed by atoms with Crippen LogP contribution < -0.4 is 5.32 Å². The lowest BCUT2D eigenvalue weighted by molar-refractivity contribution is 0.102. The van der Waals surface area contributed by atoms with Crippen LogP contribution in [0.15, 0.2) is 54.6 Å². The Bertz CT molecular complexity index is 1500. The number of sulfone groups is 1. The van der Waals surface area contributed by atoms with Gasteiger partial charge in [0.2, 0.25) is 0 Å². The van der Waals surface area contributed by atoms with E-state index in [1.807, 2.05) is 79.9 Å². The zero-order valence-electron chi connectivity index (χ0n) is 19.4. The number of benzene rings is 2. The van der Waals surface area contributed by atoms with Crippen LogP contribution in [-0.2, 0) is 9.84 Å². The predicted molar refractivity (Wildman–Crippen MR) is 134 cm³/mol. The monoisotopic (exact) mass is 474 g/mol. The van der Waals surface area contributed by atoms with Crippen molar-refractivity contribution in [3.05, 3.63) is 77.2 Å². The zero-order chi connectivity index (χ0) is 24.0. The lowest BCUT2D eigenvalue weighted by atomic mass is 10.1. The molecule has 3 heterocycles. The summed E-state index contributed by atoms with van der Waals surface area (Å²) in [6.45, 7) is 5.85. The van der Waals surface area contributed by atoms with Crippen molar-refractivity contribution < 1.29 is 13.2 Å². The Morgan fingerprint density at radius 1 is 0.971 bits per heavy atom. The molecule has 1 saturated heterocycles. The van der Waals surface area contributed by atoms with Gasteiger partial charge < -0.3 is 9.88 Å². The molecular weight excluding hydrogens is 448 g/mol. The molecule has 4 aromatic rings. The van der Waals surface area contributed by atoms with Crippen LogP contribution in [0.2, 0.25) is 0 Å². The Hall–Kier alpha value is -3.52. The van der Waals surface area contributed by atoms with Gasteiger partial charge >= 0.3 is 0 Å². The molecule has 1 amide bonds. The molecule has 1 N–H and O–H groups in total. The summed E-state index contributed by atoms with van der Waals surface area (Å²) in [7, 11) is -3.09. The second kappa shape index (κ2) is 8.36. The number of aromatic nitrogens is 3. The van der Waals surface area contributed by atoms with Crippen LogP contribution in [0, 0.1) is 20.8 Å². The number of carbonyl (C=O) groups excluding carboxylic acids is 1. The minimum atomic E-state index is -3.09. The first-order valence-corrected chi connectivity index (χ1v) is 13.1. The van der Waals surface area contributed by atoms with E-state index >= 15 is 0 Å². The fourth-order valence-corrected chi connectivity index (χ4v) is 6.21. The van der Waals surface area contributed by atoms with Gasteiger partial charge in [0, 0.05) is 11.3 Å². The third-order valence-corrected chi connectivity index (χ3v) is 8.05. The van der Waals surface area contributed by atoms with Crippen molar-refractivity contribution >= 4 is 32.5 Å². The number of rotatable bonds is 4. The van der Waals surface area contributed by atoms with Crippen molar-refractivity contribution in [2.75, 3.05) is 16.8 Å². The summed E-state index contributed by atoms with van der Waals surface area (Å²) in [5, 5.41) is 2.93. The van der Waals surface area contributed by atoms with Gasteiger partial charge in [-0.15, -0.1) is 0 Å². The third kappa shape index (κ3) is 4.21. The lowest BCUT2D eigenvalue weighted by Crippen LogP contribution is -2.15. The van der Waals surface area contributed by atoms with E-state index in [1.165, 1.54) is 0 Å². The number of pyridine rings is 1. The Balaban J connectivity index is 1.67. The van der Waals surface area contributed by atoms with Crippen LogP contribution in [0.4, 0.5) is 5.69 Å². The van der Waals surface area contributed by atoms with Crippen molar-refractivity contribution in [3.8, 4) is 11.3 Å². The Kier molecular flexibility index (Phi) is 5.48. The first-order valence-electron chi connectivity index (χ1n) is 11.3. The SMILES string of the molecule is Cc1ccc(NC(=O)c2nc(-c3ccc(C)cc3)cc3c2nc(C)n3C2CCS(=O)(=O)C2)cc1. The summed E-state index contributed by atoms with van der Waals surface area (Å²) in [6, 6.07) is 17.2. The third-order valence-electron chi connectivity index (χ3n) is 6.30. The zero-order valence-corrected chi connectivity index (χ0v) is 20.2. The lowest BCUT2D eigenvalue weighted by Gasteiger charge is -2.15. The number of imidazole rings is 1. The van der Waals surface area contributed by atoms with Crippen LogP contribution in [0.5, 0.6) is 0 Å². The molecule has 7 nitrogen and oxygen atoms in total. The smallest absolute Gasteiger partial charge is 0.276 e. The molecule has 8 heteroatoms. The first kappa shape index (κ1) is 22.3. The Morgan fingerprint density at radius 3 is 2.24 bits per heavy atom. The molecule has 0 bridgehead atoms. The van der Waals surface area contributed by atoms with E-state index in [0.29, 0.717) is 29.1 Å². The van der Waals surface area contributed by atoms with Crippen molar-refractivity contribution in [2.24, 2.45) is 0 Å². The molecule has 0 radical (unpaired) electrons. The van der Waals surface area contributed by atoms with E-state index in [4.69, 9.17) is 4.98 Å². The quantitative estimate of drug-likeness (QED) is 0.465. The van der Waals surface area contributed by atoms with Crippen LogP contribution in [0.25, 0.3) is 22.3 Å². The van der Waals surface area contributed by atoms with Gasteiger partial charge in [-0.25, -0.2) is 18.4 Å². The molecule has 0 aliphatic carbocycles. The summed E-state index contributed by atoms with van der Waals surface area (Å²) in [4.78, 5) is 22.8. The average Bonchev–Trinajstić information content (AvgIpc) is 3.32. The Labute approximate surface area is 198 Å². The van der Waals surface area contributed by atoms with Gasteiger partial charge in [0.1, 0.15) is 11.3 Å². The van der Waals surface area contributed by atoms with Crippen molar-refractivity contribution in [1.82, 2.24) is 14.5 Å². The molecule has 2 aromatic heterocycles. The molecule has 1 atom stereocenters. The van der Waals surface area contributed by atoms with Crippen LogP contribution in [-0.4, -0.2) is 40.4 Å². The largest absolute Gasteiger partial charge is 0.324 e. The molecular formula is C26H26N4O3S. The minimum Gasteiger partial charge on any atom is -0.324 e. The summed E-state index contributed by atoms with van der Waals surface area (Å²) in [5.41, 5.74) is 5.83. The van der Waals surface area contributed by atoms with Gasteiger partial charge in [-0.3, -0.25) is 4.79 Å². The highest BCUT2D eigenvalue weighted by atomic mass is 32.2. The summed E-state index contributed by atoms with van der Waals surface area (Å²) in [5.74, 6) is 0.552. The highest BCUT2D eigenvalue weighted by Gasteiger charge is 2.32. The molecule has 2 aromatic carbocycles. The molecule has 1 aliphatic rings. The van der Waals surface area contributed by atoms with Gasteiger partial charge in [0.25, 0.3) is 5.91 Å². The number of nitrogens with zero attached hydrogens (tertiary/aromatic N) is 3. The van der Waals surface area contributed by atoms with Gasteiger partial charge in [0.15, 0.2) is 15.5 Å². The first-order chi connectivity index (χ1) is 16.2. The number of hydrogen-bond donors (Lipinski definition) is 1. The normalized spacial score (nSPS) is 17.2. The summed E-state index contributed by atoms with van der Waals surface area (Å²) >= 11 is 0. The average molecular weight is 475 g/mol. The molecule has 1 unspecified atom stereocenters. The number of fused-ring (bicyclic) bond motifs is 1. The maximum absolute atomic E-state index is 13.4. The standard InChI is InChI=1S/C26H26N4O3S/c1-16-4-8-19(9-5-16)22-14-23-24(27-18(3)30(23)21-12-13-34(32,33)15-21)25(29-22)26(31)28-20-10-6-17(2)7-11-20/h4-11,14,21H,12-13,15H2,1-3H3,(H,28,31). The van der Waals surface area contributed by atoms with Crippen molar-refractivity contribution in [1.29, 1.82) is 0 Å². The predicted octanol–water partition coefficient (Wildman–Crippen LogP) is 4.64. The van der Waals surface area contributed by atoms with E-state index in [2.05, 4.69) is 10.3 Å². The molecule has 5 rings (SSSR count). The maximum atomic E-state index is 13.4. The fourth-order valence-electron chi connectivity index (χ4n) is 4.51. The minimum absolute atomic E-state index is 0.0758. The van der Waals surface area contributed by atoms with E-state index < -0.39 is 9.84 Å². The van der Waals surface area contributed by atoms with E-state index in [-0.39, 0.29) is 29.1 Å². The number of anilines is 1. The van der Waals surface area contributed by atoms with Crippen molar-refractivity contribution in [2.45, 2.75) is 33.2 Å². The fraction of sp³-hybridized carbons (Fsp3) is 0.269. The number of nitrogens with one attached hydrogen (secondary N) is 1. The molecule has 0 saturated carbocycles. The summed E-state index contributed by atoms with van der Waals surface area (Å²) < 4.78 is 26.4. The van der Waals surface area contributed by atoms with E-state index in [0.717, 1.165) is 22.2 Å².